The lowest BCUT2D eigenvalue weighted by molar-refractivity contribution is 0.102. The predicted octanol–water partition coefficient (Wildman–Crippen LogP) is 4.28. The third kappa shape index (κ3) is 2.89. The molecule has 3 rings (SSSR count). The van der Waals surface area contributed by atoms with E-state index in [1.165, 1.54) is 0 Å². The number of imidazole rings is 1. The van der Waals surface area contributed by atoms with Gasteiger partial charge in [0.25, 0.3) is 5.91 Å². The van der Waals surface area contributed by atoms with Crippen molar-refractivity contribution < 1.29 is 9.53 Å². The van der Waals surface area contributed by atoms with Crippen molar-refractivity contribution >= 4 is 33.2 Å². The summed E-state index contributed by atoms with van der Waals surface area (Å²) in [5, 5.41) is 2.94. The SMILES string of the molecule is COc1ccc(C)cc1NC(=O)c1c(C)nc2c(C)cc(Br)cn12. The fraction of sp³-hybridized carbons (Fsp3) is 0.222. The van der Waals surface area contributed by atoms with E-state index in [9.17, 15) is 4.79 Å². The number of fused-ring (bicyclic) bond motifs is 1. The Labute approximate surface area is 148 Å². The number of carbonyl (C=O) groups is 1. The number of aromatic nitrogens is 2. The van der Waals surface area contributed by atoms with Gasteiger partial charge in [-0.25, -0.2) is 4.98 Å². The largest absolute Gasteiger partial charge is 0.495 e. The van der Waals surface area contributed by atoms with Gasteiger partial charge in [0.1, 0.15) is 17.1 Å². The van der Waals surface area contributed by atoms with Crippen molar-refractivity contribution in [3.05, 3.63) is 57.4 Å². The van der Waals surface area contributed by atoms with Crippen LogP contribution < -0.4 is 10.1 Å². The number of anilines is 1. The van der Waals surface area contributed by atoms with E-state index in [0.29, 0.717) is 22.8 Å². The summed E-state index contributed by atoms with van der Waals surface area (Å²) in [7, 11) is 1.58. The Bertz CT molecular complexity index is 947. The summed E-state index contributed by atoms with van der Waals surface area (Å²) in [5.74, 6) is 0.402. The molecule has 0 radical (unpaired) electrons. The number of methoxy groups -OCH3 is 1. The van der Waals surface area contributed by atoms with Gasteiger partial charge in [-0.1, -0.05) is 6.07 Å². The van der Waals surface area contributed by atoms with Crippen molar-refractivity contribution in [2.24, 2.45) is 0 Å². The number of rotatable bonds is 3. The van der Waals surface area contributed by atoms with E-state index in [0.717, 1.165) is 21.2 Å². The predicted molar refractivity (Wildman–Crippen MR) is 98.1 cm³/mol. The second kappa shape index (κ2) is 6.28. The molecule has 124 valence electrons. The van der Waals surface area contributed by atoms with Gasteiger partial charge in [-0.05, 0) is 66.0 Å². The topological polar surface area (TPSA) is 55.6 Å². The van der Waals surface area contributed by atoms with Gasteiger partial charge in [-0.3, -0.25) is 9.20 Å². The summed E-state index contributed by atoms with van der Waals surface area (Å²) in [6.45, 7) is 5.77. The zero-order chi connectivity index (χ0) is 17.4. The number of hydrogen-bond acceptors (Lipinski definition) is 3. The number of amides is 1. The molecule has 1 aromatic carbocycles. The second-order valence-corrected chi connectivity index (χ2v) is 6.65. The summed E-state index contributed by atoms with van der Waals surface area (Å²) in [6, 6.07) is 7.64. The zero-order valence-electron chi connectivity index (χ0n) is 14.0. The van der Waals surface area contributed by atoms with Crippen LogP contribution in [0.5, 0.6) is 5.75 Å². The van der Waals surface area contributed by atoms with Gasteiger partial charge >= 0.3 is 0 Å². The minimum Gasteiger partial charge on any atom is -0.495 e. The molecule has 1 amide bonds. The number of ether oxygens (including phenoxy) is 1. The molecule has 2 heterocycles. The van der Waals surface area contributed by atoms with E-state index in [4.69, 9.17) is 4.74 Å². The monoisotopic (exact) mass is 387 g/mol. The highest BCUT2D eigenvalue weighted by molar-refractivity contribution is 9.10. The number of nitrogens with one attached hydrogen (secondary N) is 1. The van der Waals surface area contributed by atoms with Gasteiger partial charge < -0.3 is 10.1 Å². The number of carbonyl (C=O) groups excluding carboxylic acids is 1. The number of nitrogens with zero attached hydrogens (tertiary/aromatic N) is 2. The van der Waals surface area contributed by atoms with Crippen LogP contribution in [0.15, 0.2) is 34.9 Å². The molecule has 0 unspecified atom stereocenters. The highest BCUT2D eigenvalue weighted by Crippen LogP contribution is 2.27. The second-order valence-electron chi connectivity index (χ2n) is 5.74. The van der Waals surface area contributed by atoms with Crippen LogP contribution in [0.2, 0.25) is 0 Å². The van der Waals surface area contributed by atoms with Crippen LogP contribution in [0, 0.1) is 20.8 Å². The summed E-state index contributed by atoms with van der Waals surface area (Å²) in [4.78, 5) is 17.4. The Balaban J connectivity index is 2.07. The summed E-state index contributed by atoms with van der Waals surface area (Å²) in [5.41, 5.74) is 4.65. The maximum Gasteiger partial charge on any atom is 0.274 e. The molecule has 1 N–H and O–H groups in total. The number of pyridine rings is 1. The lowest BCUT2D eigenvalue weighted by atomic mass is 10.2. The summed E-state index contributed by atoms with van der Waals surface area (Å²) in [6.07, 6.45) is 1.85. The van der Waals surface area contributed by atoms with Gasteiger partial charge in [0.2, 0.25) is 0 Å². The molecule has 0 saturated carbocycles. The first-order chi connectivity index (χ1) is 11.4. The van der Waals surface area contributed by atoms with E-state index < -0.39 is 0 Å². The van der Waals surface area contributed by atoms with Crippen LogP contribution in [0.1, 0.15) is 27.3 Å². The van der Waals surface area contributed by atoms with Gasteiger partial charge in [-0.2, -0.15) is 0 Å². The molecule has 3 aromatic rings. The third-order valence-corrected chi connectivity index (χ3v) is 4.30. The van der Waals surface area contributed by atoms with Crippen LogP contribution in [-0.4, -0.2) is 22.4 Å². The quantitative estimate of drug-likeness (QED) is 0.729. The molecule has 0 bridgehead atoms. The molecule has 0 fully saturated rings. The lowest BCUT2D eigenvalue weighted by Crippen LogP contribution is -2.16. The molecular formula is C18H18BrN3O2. The maximum absolute atomic E-state index is 12.9. The molecule has 0 aliphatic rings. The smallest absolute Gasteiger partial charge is 0.274 e. The zero-order valence-corrected chi connectivity index (χ0v) is 15.6. The summed E-state index contributed by atoms with van der Waals surface area (Å²) >= 11 is 3.47. The average molecular weight is 388 g/mol. The molecule has 2 aromatic heterocycles. The molecule has 24 heavy (non-hydrogen) atoms. The molecule has 0 atom stereocenters. The average Bonchev–Trinajstić information content (AvgIpc) is 2.84. The van der Waals surface area contributed by atoms with Crippen LogP contribution in [-0.2, 0) is 0 Å². The van der Waals surface area contributed by atoms with E-state index in [1.807, 2.05) is 55.6 Å². The normalized spacial score (nSPS) is 10.9. The van der Waals surface area contributed by atoms with Crippen molar-refractivity contribution in [3.8, 4) is 5.75 Å². The van der Waals surface area contributed by atoms with Crippen molar-refractivity contribution in [2.75, 3.05) is 12.4 Å². The first-order valence-electron chi connectivity index (χ1n) is 7.51. The Morgan fingerprint density at radius 3 is 2.71 bits per heavy atom. The fourth-order valence-electron chi connectivity index (χ4n) is 2.76. The summed E-state index contributed by atoms with van der Waals surface area (Å²) < 4.78 is 8.04. The Morgan fingerprint density at radius 2 is 2.00 bits per heavy atom. The van der Waals surface area contributed by atoms with E-state index in [1.54, 1.807) is 7.11 Å². The molecule has 0 aliphatic heterocycles. The van der Waals surface area contributed by atoms with Crippen LogP contribution in [0.25, 0.3) is 5.65 Å². The lowest BCUT2D eigenvalue weighted by Gasteiger charge is -2.11. The Hall–Kier alpha value is -2.34. The first-order valence-corrected chi connectivity index (χ1v) is 8.31. The molecular weight excluding hydrogens is 370 g/mol. The maximum atomic E-state index is 12.9. The molecule has 0 spiro atoms. The Kier molecular flexibility index (Phi) is 4.32. The third-order valence-electron chi connectivity index (χ3n) is 3.86. The van der Waals surface area contributed by atoms with Gasteiger partial charge in [-0.15, -0.1) is 0 Å². The van der Waals surface area contributed by atoms with Crippen LogP contribution in [0.4, 0.5) is 5.69 Å². The number of hydrogen-bond donors (Lipinski definition) is 1. The van der Waals surface area contributed by atoms with Crippen molar-refractivity contribution in [1.82, 2.24) is 9.38 Å². The Morgan fingerprint density at radius 1 is 1.25 bits per heavy atom. The molecule has 0 saturated heterocycles. The first kappa shape index (κ1) is 16.5. The van der Waals surface area contributed by atoms with Crippen molar-refractivity contribution in [1.29, 1.82) is 0 Å². The number of halogens is 1. The molecule has 0 aliphatic carbocycles. The van der Waals surface area contributed by atoms with Crippen LogP contribution >= 0.6 is 15.9 Å². The fourth-order valence-corrected chi connectivity index (χ4v) is 3.30. The molecule has 6 heteroatoms. The number of benzene rings is 1. The molecule has 5 nitrogen and oxygen atoms in total. The minimum atomic E-state index is -0.221. The number of aryl methyl sites for hydroxylation is 3. The van der Waals surface area contributed by atoms with Gasteiger partial charge in [0, 0.05) is 10.7 Å². The highest BCUT2D eigenvalue weighted by Gasteiger charge is 2.19. The highest BCUT2D eigenvalue weighted by atomic mass is 79.9. The van der Waals surface area contributed by atoms with Crippen molar-refractivity contribution in [2.45, 2.75) is 20.8 Å². The van der Waals surface area contributed by atoms with Gasteiger partial charge in [0.05, 0.1) is 18.5 Å². The van der Waals surface area contributed by atoms with Crippen molar-refractivity contribution in [3.63, 3.8) is 0 Å². The van der Waals surface area contributed by atoms with E-state index in [2.05, 4.69) is 26.2 Å². The van der Waals surface area contributed by atoms with Crippen LogP contribution in [0.3, 0.4) is 0 Å². The van der Waals surface area contributed by atoms with E-state index >= 15 is 0 Å². The van der Waals surface area contributed by atoms with Gasteiger partial charge in [0.15, 0.2) is 0 Å². The standard InChI is InChI=1S/C18H18BrN3O2/c1-10-5-6-15(24-4)14(7-10)21-18(23)16-12(3)20-17-11(2)8-13(19)9-22(16)17/h5-9H,1-4H3,(H,21,23). The minimum absolute atomic E-state index is 0.221. The van der Waals surface area contributed by atoms with E-state index in [-0.39, 0.29) is 5.91 Å².